The molecule has 17 heavy (non-hydrogen) atoms. The van der Waals surface area contributed by atoms with Crippen LogP contribution in [0.25, 0.3) is 11.0 Å². The predicted octanol–water partition coefficient (Wildman–Crippen LogP) is 2.95. The fourth-order valence-corrected chi connectivity index (χ4v) is 2.29. The molecule has 0 aliphatic carbocycles. The lowest BCUT2D eigenvalue weighted by Gasteiger charge is -2.16. The minimum Gasteiger partial charge on any atom is -0.328 e. The molecule has 2 atom stereocenters. The molecule has 92 valence electrons. The molecule has 2 aromatic rings. The summed E-state index contributed by atoms with van der Waals surface area (Å²) in [5, 5.41) is 0. The summed E-state index contributed by atoms with van der Waals surface area (Å²) in [7, 11) is 0. The molecule has 0 spiro atoms. The molecule has 0 amide bonds. The van der Waals surface area contributed by atoms with E-state index < -0.39 is 0 Å². The van der Waals surface area contributed by atoms with Gasteiger partial charge in [-0.3, -0.25) is 0 Å². The summed E-state index contributed by atoms with van der Waals surface area (Å²) in [6.45, 7) is 8.51. The van der Waals surface area contributed by atoms with Crippen LogP contribution in [0.1, 0.15) is 37.4 Å². The fourth-order valence-electron chi connectivity index (χ4n) is 2.29. The second-order valence-electron chi connectivity index (χ2n) is 5.14. The van der Waals surface area contributed by atoms with Crippen molar-refractivity contribution >= 4 is 11.0 Å². The van der Waals surface area contributed by atoms with Crippen molar-refractivity contribution in [2.45, 2.75) is 46.2 Å². The number of aromatic nitrogens is 2. The third kappa shape index (κ3) is 2.34. The van der Waals surface area contributed by atoms with E-state index >= 15 is 0 Å². The molecule has 1 aromatic heterocycles. The van der Waals surface area contributed by atoms with E-state index in [1.165, 1.54) is 16.6 Å². The summed E-state index contributed by atoms with van der Waals surface area (Å²) in [5.41, 5.74) is 10.8. The molecule has 0 aliphatic rings. The van der Waals surface area contributed by atoms with Crippen LogP contribution in [-0.2, 0) is 0 Å². The average molecular weight is 231 g/mol. The van der Waals surface area contributed by atoms with Gasteiger partial charge in [0.2, 0.25) is 0 Å². The molecule has 0 aliphatic heterocycles. The van der Waals surface area contributed by atoms with Crippen molar-refractivity contribution in [3.8, 4) is 0 Å². The number of fused-ring (bicyclic) bond motifs is 1. The Bertz CT molecular complexity index is 525. The topological polar surface area (TPSA) is 43.8 Å². The lowest BCUT2D eigenvalue weighted by atomic mass is 10.1. The van der Waals surface area contributed by atoms with Gasteiger partial charge in [-0.05, 0) is 57.4 Å². The van der Waals surface area contributed by atoms with Gasteiger partial charge in [0, 0.05) is 12.1 Å². The number of nitrogens with two attached hydrogens (primary N) is 1. The Labute approximate surface area is 103 Å². The van der Waals surface area contributed by atoms with Crippen LogP contribution in [0, 0.1) is 13.8 Å². The average Bonchev–Trinajstić information content (AvgIpc) is 2.60. The largest absolute Gasteiger partial charge is 0.328 e. The number of hydrogen-bond donors (Lipinski definition) is 1. The maximum atomic E-state index is 5.86. The Balaban J connectivity index is 2.45. The van der Waals surface area contributed by atoms with Gasteiger partial charge < -0.3 is 10.3 Å². The van der Waals surface area contributed by atoms with E-state index in [0.29, 0.717) is 6.04 Å². The smallest absolute Gasteiger partial charge is 0.0960 e. The molecule has 2 unspecified atom stereocenters. The number of rotatable bonds is 3. The molecule has 3 nitrogen and oxygen atoms in total. The van der Waals surface area contributed by atoms with Crippen LogP contribution >= 0.6 is 0 Å². The highest BCUT2D eigenvalue weighted by atomic mass is 15.1. The summed E-state index contributed by atoms with van der Waals surface area (Å²) in [5.74, 6) is 0. The van der Waals surface area contributed by atoms with Gasteiger partial charge in [0.05, 0.1) is 17.4 Å². The highest BCUT2D eigenvalue weighted by molar-refractivity contribution is 5.77. The molecule has 0 bridgehead atoms. The SMILES string of the molecule is Cc1cc2ncn(C(C)CC(C)N)c2cc1C. The summed E-state index contributed by atoms with van der Waals surface area (Å²) in [6.07, 6.45) is 2.90. The van der Waals surface area contributed by atoms with Gasteiger partial charge in [-0.15, -0.1) is 0 Å². The standard InChI is InChI=1S/C14H21N3/c1-9-5-13-14(6-10(9)2)17(8-16-13)12(4)7-11(3)15/h5-6,8,11-12H,7,15H2,1-4H3. The molecule has 3 heteroatoms. The van der Waals surface area contributed by atoms with Gasteiger partial charge >= 0.3 is 0 Å². The second kappa shape index (κ2) is 4.49. The lowest BCUT2D eigenvalue weighted by molar-refractivity contribution is 0.474. The Morgan fingerprint density at radius 2 is 1.88 bits per heavy atom. The van der Waals surface area contributed by atoms with Crippen LogP contribution in [-0.4, -0.2) is 15.6 Å². The molecule has 1 aromatic carbocycles. The Morgan fingerprint density at radius 1 is 1.24 bits per heavy atom. The van der Waals surface area contributed by atoms with Crippen molar-refractivity contribution in [2.75, 3.05) is 0 Å². The van der Waals surface area contributed by atoms with Gasteiger partial charge in [0.25, 0.3) is 0 Å². The summed E-state index contributed by atoms with van der Waals surface area (Å²) >= 11 is 0. The Hall–Kier alpha value is -1.35. The number of aryl methyl sites for hydroxylation is 2. The first-order chi connectivity index (χ1) is 7.99. The normalized spacial score (nSPS) is 15.1. The molecule has 0 saturated carbocycles. The first-order valence-electron chi connectivity index (χ1n) is 6.18. The van der Waals surface area contributed by atoms with Crippen LogP contribution in [0.3, 0.4) is 0 Å². The van der Waals surface area contributed by atoms with Crippen LogP contribution < -0.4 is 5.73 Å². The Morgan fingerprint density at radius 3 is 2.53 bits per heavy atom. The third-order valence-electron chi connectivity index (χ3n) is 3.38. The van der Waals surface area contributed by atoms with Crippen molar-refractivity contribution in [3.05, 3.63) is 29.6 Å². The van der Waals surface area contributed by atoms with E-state index in [1.807, 2.05) is 13.3 Å². The number of benzene rings is 1. The number of hydrogen-bond acceptors (Lipinski definition) is 2. The summed E-state index contributed by atoms with van der Waals surface area (Å²) in [4.78, 5) is 4.47. The summed E-state index contributed by atoms with van der Waals surface area (Å²) < 4.78 is 2.23. The van der Waals surface area contributed by atoms with Crippen molar-refractivity contribution in [2.24, 2.45) is 5.73 Å². The zero-order chi connectivity index (χ0) is 12.6. The quantitative estimate of drug-likeness (QED) is 0.882. The van der Waals surface area contributed by atoms with Gasteiger partial charge in [-0.25, -0.2) is 4.98 Å². The van der Waals surface area contributed by atoms with E-state index in [4.69, 9.17) is 5.73 Å². The monoisotopic (exact) mass is 231 g/mol. The van der Waals surface area contributed by atoms with Gasteiger partial charge in [-0.2, -0.15) is 0 Å². The molecule has 2 N–H and O–H groups in total. The van der Waals surface area contributed by atoms with Gasteiger partial charge in [0.15, 0.2) is 0 Å². The van der Waals surface area contributed by atoms with Crippen LogP contribution in [0.5, 0.6) is 0 Å². The molecule has 0 radical (unpaired) electrons. The second-order valence-corrected chi connectivity index (χ2v) is 5.14. The molecular formula is C14H21N3. The minimum absolute atomic E-state index is 0.217. The molecule has 2 rings (SSSR count). The highest BCUT2D eigenvalue weighted by Gasteiger charge is 2.11. The predicted molar refractivity (Wildman–Crippen MR) is 72.2 cm³/mol. The highest BCUT2D eigenvalue weighted by Crippen LogP contribution is 2.23. The maximum absolute atomic E-state index is 5.86. The summed E-state index contributed by atoms with van der Waals surface area (Å²) in [6, 6.07) is 4.98. The van der Waals surface area contributed by atoms with Crippen molar-refractivity contribution in [1.29, 1.82) is 0 Å². The zero-order valence-corrected chi connectivity index (χ0v) is 11.1. The van der Waals surface area contributed by atoms with E-state index in [2.05, 4.69) is 42.5 Å². The fraction of sp³-hybridized carbons (Fsp3) is 0.500. The minimum atomic E-state index is 0.217. The van der Waals surface area contributed by atoms with E-state index in [9.17, 15) is 0 Å². The first kappa shape index (κ1) is 12.1. The molecule has 0 saturated heterocycles. The van der Waals surface area contributed by atoms with E-state index in [1.54, 1.807) is 0 Å². The van der Waals surface area contributed by atoms with Gasteiger partial charge in [-0.1, -0.05) is 0 Å². The first-order valence-corrected chi connectivity index (χ1v) is 6.18. The number of nitrogens with zero attached hydrogens (tertiary/aromatic N) is 2. The van der Waals surface area contributed by atoms with Crippen molar-refractivity contribution in [3.63, 3.8) is 0 Å². The molecule has 0 fully saturated rings. The van der Waals surface area contributed by atoms with E-state index in [0.717, 1.165) is 11.9 Å². The van der Waals surface area contributed by atoms with Crippen molar-refractivity contribution in [1.82, 2.24) is 9.55 Å². The van der Waals surface area contributed by atoms with Crippen LogP contribution in [0.2, 0.25) is 0 Å². The Kier molecular flexibility index (Phi) is 3.20. The van der Waals surface area contributed by atoms with Crippen molar-refractivity contribution < 1.29 is 0 Å². The van der Waals surface area contributed by atoms with Crippen LogP contribution in [0.15, 0.2) is 18.5 Å². The van der Waals surface area contributed by atoms with Crippen LogP contribution in [0.4, 0.5) is 0 Å². The van der Waals surface area contributed by atoms with E-state index in [-0.39, 0.29) is 6.04 Å². The third-order valence-corrected chi connectivity index (χ3v) is 3.38. The maximum Gasteiger partial charge on any atom is 0.0960 e. The molecule has 1 heterocycles. The molecular weight excluding hydrogens is 210 g/mol. The number of imidazole rings is 1. The zero-order valence-electron chi connectivity index (χ0n) is 11.1. The lowest BCUT2D eigenvalue weighted by Crippen LogP contribution is -2.20. The van der Waals surface area contributed by atoms with Gasteiger partial charge in [0.1, 0.15) is 0 Å².